The van der Waals surface area contributed by atoms with Crippen LogP contribution in [0.15, 0.2) is 48.8 Å². The van der Waals surface area contributed by atoms with Gasteiger partial charge in [-0.05, 0) is 18.2 Å². The summed E-state index contributed by atoms with van der Waals surface area (Å²) in [5.41, 5.74) is 1.68. The van der Waals surface area contributed by atoms with E-state index in [1.165, 1.54) is 0 Å². The molecule has 0 aliphatic rings. The molecule has 15 heavy (non-hydrogen) atoms. The lowest BCUT2D eigenvalue weighted by Gasteiger charge is -2.00. The van der Waals surface area contributed by atoms with E-state index in [0.717, 1.165) is 5.69 Å². The molecule has 0 bridgehead atoms. The van der Waals surface area contributed by atoms with Gasteiger partial charge in [0, 0.05) is 23.6 Å². The fourth-order valence-electron chi connectivity index (χ4n) is 1.40. The molecule has 0 saturated heterocycles. The zero-order valence-corrected chi connectivity index (χ0v) is 8.82. The lowest BCUT2D eigenvalue weighted by Crippen LogP contribution is -1.98. The number of halogens is 1. The Morgan fingerprint density at radius 3 is 2.60 bits per heavy atom. The maximum atomic E-state index is 11.3. The highest BCUT2D eigenvalue weighted by atomic mass is 35.5. The third kappa shape index (κ3) is 2.10. The topological polar surface area (TPSA) is 22.0 Å². The van der Waals surface area contributed by atoms with E-state index < -0.39 is 0 Å². The van der Waals surface area contributed by atoms with Gasteiger partial charge in [0.2, 0.25) is 0 Å². The van der Waals surface area contributed by atoms with Crippen LogP contribution in [-0.4, -0.2) is 16.2 Å². The fourth-order valence-corrected chi connectivity index (χ4v) is 1.55. The Morgan fingerprint density at radius 2 is 1.93 bits per heavy atom. The highest BCUT2D eigenvalue weighted by molar-refractivity contribution is 6.30. The van der Waals surface area contributed by atoms with Crippen LogP contribution in [0.1, 0.15) is 10.4 Å². The molecule has 0 amide bonds. The SMILES string of the molecule is O=C(CCl)c1ccn(-c2ccccc2)c1. The van der Waals surface area contributed by atoms with E-state index in [9.17, 15) is 4.79 Å². The van der Waals surface area contributed by atoms with Crippen LogP contribution in [0.4, 0.5) is 0 Å². The predicted molar refractivity (Wildman–Crippen MR) is 60.8 cm³/mol. The Balaban J connectivity index is 2.32. The van der Waals surface area contributed by atoms with Crippen LogP contribution in [0.3, 0.4) is 0 Å². The van der Waals surface area contributed by atoms with Crippen molar-refractivity contribution in [2.75, 3.05) is 5.88 Å². The molecule has 3 heteroatoms. The lowest BCUT2D eigenvalue weighted by atomic mass is 10.2. The average Bonchev–Trinajstić information content (AvgIpc) is 2.78. The Kier molecular flexibility index (Phi) is 2.88. The summed E-state index contributed by atoms with van der Waals surface area (Å²) < 4.78 is 1.90. The molecular weight excluding hydrogens is 210 g/mol. The van der Waals surface area contributed by atoms with E-state index in [2.05, 4.69) is 0 Å². The first-order valence-corrected chi connectivity index (χ1v) is 5.17. The van der Waals surface area contributed by atoms with Crippen molar-refractivity contribution in [1.82, 2.24) is 4.57 Å². The van der Waals surface area contributed by atoms with Crippen LogP contribution in [0.25, 0.3) is 5.69 Å². The molecular formula is C12H10ClNO. The summed E-state index contributed by atoms with van der Waals surface area (Å²) in [5.74, 6) is -0.0231. The largest absolute Gasteiger partial charge is 0.323 e. The van der Waals surface area contributed by atoms with Crippen LogP contribution in [0.5, 0.6) is 0 Å². The number of alkyl halides is 1. The van der Waals surface area contributed by atoms with E-state index in [0.29, 0.717) is 5.56 Å². The second-order valence-corrected chi connectivity index (χ2v) is 3.47. The number of rotatable bonds is 3. The molecule has 1 aromatic heterocycles. The molecule has 0 N–H and O–H groups in total. The first-order valence-electron chi connectivity index (χ1n) is 4.64. The molecule has 0 fully saturated rings. The number of ketones is 1. The van der Waals surface area contributed by atoms with E-state index in [1.54, 1.807) is 12.3 Å². The van der Waals surface area contributed by atoms with E-state index in [-0.39, 0.29) is 11.7 Å². The third-order valence-electron chi connectivity index (χ3n) is 2.19. The molecule has 2 nitrogen and oxygen atoms in total. The Hall–Kier alpha value is -1.54. The summed E-state index contributed by atoms with van der Waals surface area (Å²) in [6.45, 7) is 0. The minimum atomic E-state index is -0.0497. The van der Waals surface area contributed by atoms with Crippen molar-refractivity contribution in [3.05, 3.63) is 54.4 Å². The first kappa shape index (κ1) is 9.99. The number of hydrogen-bond acceptors (Lipinski definition) is 1. The number of para-hydroxylation sites is 1. The minimum Gasteiger partial charge on any atom is -0.323 e. The van der Waals surface area contributed by atoms with Crippen molar-refractivity contribution in [3.8, 4) is 5.69 Å². The summed E-state index contributed by atoms with van der Waals surface area (Å²) in [5, 5.41) is 0. The van der Waals surface area contributed by atoms with Gasteiger partial charge in [0.1, 0.15) is 0 Å². The van der Waals surface area contributed by atoms with Crippen molar-refractivity contribution < 1.29 is 4.79 Å². The second kappa shape index (κ2) is 4.32. The Bertz CT molecular complexity index is 461. The molecule has 0 aliphatic heterocycles. The van der Waals surface area contributed by atoms with Crippen LogP contribution in [0, 0.1) is 0 Å². The molecule has 0 radical (unpaired) electrons. The lowest BCUT2D eigenvalue weighted by molar-refractivity contribution is 0.102. The van der Waals surface area contributed by atoms with Crippen molar-refractivity contribution in [2.24, 2.45) is 0 Å². The van der Waals surface area contributed by atoms with Crippen molar-refractivity contribution in [3.63, 3.8) is 0 Å². The van der Waals surface area contributed by atoms with E-state index in [1.807, 2.05) is 41.1 Å². The van der Waals surface area contributed by atoms with Gasteiger partial charge in [-0.1, -0.05) is 18.2 Å². The zero-order chi connectivity index (χ0) is 10.7. The molecule has 1 heterocycles. The molecule has 76 valence electrons. The van der Waals surface area contributed by atoms with Crippen LogP contribution in [-0.2, 0) is 0 Å². The minimum absolute atomic E-state index is 0.0266. The van der Waals surface area contributed by atoms with Gasteiger partial charge < -0.3 is 4.57 Å². The Morgan fingerprint density at radius 1 is 1.20 bits per heavy atom. The maximum absolute atomic E-state index is 11.3. The van der Waals surface area contributed by atoms with Gasteiger partial charge in [-0.25, -0.2) is 0 Å². The fraction of sp³-hybridized carbons (Fsp3) is 0.0833. The average molecular weight is 220 g/mol. The normalized spacial score (nSPS) is 10.2. The molecule has 0 aliphatic carbocycles. The summed E-state index contributed by atoms with van der Waals surface area (Å²) in [4.78, 5) is 11.3. The molecule has 1 aromatic carbocycles. The number of nitrogens with zero attached hydrogens (tertiary/aromatic N) is 1. The number of Topliss-reactive ketones (excluding diaryl/α,β-unsaturated/α-hetero) is 1. The number of carbonyl (C=O) groups is 1. The molecule has 2 rings (SSSR count). The number of benzene rings is 1. The van der Waals surface area contributed by atoms with Gasteiger partial charge in [-0.2, -0.15) is 0 Å². The van der Waals surface area contributed by atoms with Crippen molar-refractivity contribution >= 4 is 17.4 Å². The van der Waals surface area contributed by atoms with Gasteiger partial charge in [-0.15, -0.1) is 11.6 Å². The highest BCUT2D eigenvalue weighted by Crippen LogP contribution is 2.11. The first-order chi connectivity index (χ1) is 7.31. The van der Waals surface area contributed by atoms with Gasteiger partial charge in [0.15, 0.2) is 5.78 Å². The quantitative estimate of drug-likeness (QED) is 0.575. The van der Waals surface area contributed by atoms with E-state index >= 15 is 0 Å². The van der Waals surface area contributed by atoms with Crippen LogP contribution < -0.4 is 0 Å². The predicted octanol–water partition coefficient (Wildman–Crippen LogP) is 2.90. The second-order valence-electron chi connectivity index (χ2n) is 3.20. The molecule has 0 atom stereocenters. The van der Waals surface area contributed by atoms with Gasteiger partial charge >= 0.3 is 0 Å². The molecule has 2 aromatic rings. The summed E-state index contributed by atoms with van der Waals surface area (Å²) in [6, 6.07) is 11.6. The number of aromatic nitrogens is 1. The van der Waals surface area contributed by atoms with Crippen molar-refractivity contribution in [2.45, 2.75) is 0 Å². The maximum Gasteiger partial charge on any atom is 0.179 e. The van der Waals surface area contributed by atoms with Gasteiger partial charge in [0.05, 0.1) is 5.88 Å². The monoisotopic (exact) mass is 219 g/mol. The number of hydrogen-bond donors (Lipinski definition) is 0. The van der Waals surface area contributed by atoms with E-state index in [4.69, 9.17) is 11.6 Å². The van der Waals surface area contributed by atoms with Crippen LogP contribution >= 0.6 is 11.6 Å². The van der Waals surface area contributed by atoms with Crippen molar-refractivity contribution in [1.29, 1.82) is 0 Å². The van der Waals surface area contributed by atoms with Gasteiger partial charge in [0.25, 0.3) is 0 Å². The molecule has 0 unspecified atom stereocenters. The number of carbonyl (C=O) groups excluding carboxylic acids is 1. The zero-order valence-electron chi connectivity index (χ0n) is 8.06. The summed E-state index contributed by atoms with van der Waals surface area (Å²) in [7, 11) is 0. The summed E-state index contributed by atoms with van der Waals surface area (Å²) >= 11 is 5.48. The molecule has 0 spiro atoms. The highest BCUT2D eigenvalue weighted by Gasteiger charge is 2.05. The van der Waals surface area contributed by atoms with Gasteiger partial charge in [-0.3, -0.25) is 4.79 Å². The smallest absolute Gasteiger partial charge is 0.179 e. The van der Waals surface area contributed by atoms with Crippen LogP contribution in [0.2, 0.25) is 0 Å². The Labute approximate surface area is 93.1 Å². The molecule has 0 saturated carbocycles. The standard InChI is InChI=1S/C12H10ClNO/c13-8-12(15)10-6-7-14(9-10)11-4-2-1-3-5-11/h1-7,9H,8H2. The summed E-state index contributed by atoms with van der Waals surface area (Å²) in [6.07, 6.45) is 3.65. The third-order valence-corrected chi connectivity index (χ3v) is 2.43.